The summed E-state index contributed by atoms with van der Waals surface area (Å²) in [7, 11) is 0. The summed E-state index contributed by atoms with van der Waals surface area (Å²) >= 11 is 0. The summed E-state index contributed by atoms with van der Waals surface area (Å²) < 4.78 is 5.40. The van der Waals surface area contributed by atoms with Crippen molar-refractivity contribution in [2.75, 3.05) is 13.2 Å². The summed E-state index contributed by atoms with van der Waals surface area (Å²) in [5.74, 6) is -0.0955. The van der Waals surface area contributed by atoms with Crippen LogP contribution in [0.1, 0.15) is 22.8 Å². The number of hydrogen-bond acceptors (Lipinski definition) is 4. The van der Waals surface area contributed by atoms with Crippen molar-refractivity contribution in [1.82, 2.24) is 15.6 Å². The van der Waals surface area contributed by atoms with Gasteiger partial charge in [-0.2, -0.15) is 0 Å². The Bertz CT molecular complexity index is 659. The van der Waals surface area contributed by atoms with Gasteiger partial charge in [0.05, 0.1) is 18.7 Å². The van der Waals surface area contributed by atoms with Gasteiger partial charge in [-0.15, -0.1) is 0 Å². The Kier molecular flexibility index (Phi) is 6.11. The number of pyridine rings is 1. The molecule has 0 fully saturated rings. The Hall–Kier alpha value is -2.89. The van der Waals surface area contributed by atoms with Crippen LogP contribution < -0.4 is 15.4 Å². The summed E-state index contributed by atoms with van der Waals surface area (Å²) in [6, 6.07) is 10.6. The highest BCUT2D eigenvalue weighted by Gasteiger charge is 2.12. The molecule has 0 bridgehead atoms. The van der Waals surface area contributed by atoms with Crippen molar-refractivity contribution in [3.8, 4) is 5.75 Å². The first kappa shape index (κ1) is 16.5. The maximum absolute atomic E-state index is 12.1. The van der Waals surface area contributed by atoms with E-state index in [0.29, 0.717) is 24.5 Å². The lowest BCUT2D eigenvalue weighted by molar-refractivity contribution is -0.120. The number of rotatable bonds is 7. The molecule has 2 amide bonds. The van der Waals surface area contributed by atoms with Crippen molar-refractivity contribution in [2.45, 2.75) is 13.5 Å². The molecule has 0 aliphatic carbocycles. The first-order chi connectivity index (χ1) is 11.2. The van der Waals surface area contributed by atoms with Gasteiger partial charge < -0.3 is 15.4 Å². The molecule has 0 unspecified atom stereocenters. The minimum atomic E-state index is -0.340. The van der Waals surface area contributed by atoms with Crippen LogP contribution in [0, 0.1) is 0 Å². The van der Waals surface area contributed by atoms with Crippen molar-refractivity contribution in [2.24, 2.45) is 0 Å². The number of ether oxygens (including phenoxy) is 1. The molecule has 0 aliphatic heterocycles. The highest BCUT2D eigenvalue weighted by molar-refractivity contribution is 5.98. The quantitative estimate of drug-likeness (QED) is 0.812. The Labute approximate surface area is 134 Å². The lowest BCUT2D eigenvalue weighted by Gasteiger charge is -2.10. The fraction of sp³-hybridized carbons (Fsp3) is 0.235. The van der Waals surface area contributed by atoms with E-state index in [4.69, 9.17) is 4.74 Å². The van der Waals surface area contributed by atoms with Gasteiger partial charge in [0, 0.05) is 18.9 Å². The summed E-state index contributed by atoms with van der Waals surface area (Å²) in [6.45, 7) is 2.62. The third-order valence-corrected chi connectivity index (χ3v) is 3.08. The number of nitrogens with one attached hydrogen (secondary N) is 2. The largest absolute Gasteiger partial charge is 0.493 e. The first-order valence-electron chi connectivity index (χ1n) is 7.36. The number of amides is 2. The van der Waals surface area contributed by atoms with Gasteiger partial charge in [-0.3, -0.25) is 14.6 Å². The SMILES string of the molecule is CCOc1ccccc1C(=O)NCC(=O)NCc1ccncc1. The summed E-state index contributed by atoms with van der Waals surface area (Å²) in [5.41, 5.74) is 1.36. The standard InChI is InChI=1S/C17H19N3O3/c1-2-23-15-6-4-3-5-14(15)17(22)20-12-16(21)19-11-13-7-9-18-10-8-13/h3-10H,2,11-12H2,1H3,(H,19,21)(H,20,22). The molecule has 120 valence electrons. The van der Waals surface area contributed by atoms with Gasteiger partial charge in [0.15, 0.2) is 0 Å². The molecule has 1 aromatic heterocycles. The zero-order chi connectivity index (χ0) is 16.5. The molecule has 0 aliphatic rings. The predicted molar refractivity (Wildman–Crippen MR) is 86.0 cm³/mol. The molecule has 0 spiro atoms. The van der Waals surface area contributed by atoms with Gasteiger partial charge in [0.25, 0.3) is 5.91 Å². The third kappa shape index (κ3) is 5.10. The maximum Gasteiger partial charge on any atom is 0.255 e. The molecule has 1 heterocycles. The summed E-state index contributed by atoms with van der Waals surface area (Å²) in [6.07, 6.45) is 3.32. The molecule has 0 radical (unpaired) electrons. The number of aromatic nitrogens is 1. The van der Waals surface area contributed by atoms with Crippen LogP contribution >= 0.6 is 0 Å². The number of carbonyl (C=O) groups is 2. The number of hydrogen-bond donors (Lipinski definition) is 2. The molecule has 23 heavy (non-hydrogen) atoms. The average Bonchev–Trinajstić information content (AvgIpc) is 2.59. The highest BCUT2D eigenvalue weighted by Crippen LogP contribution is 2.17. The van der Waals surface area contributed by atoms with Crippen molar-refractivity contribution >= 4 is 11.8 Å². The summed E-state index contributed by atoms with van der Waals surface area (Å²) in [4.78, 5) is 27.8. The monoisotopic (exact) mass is 313 g/mol. The van der Waals surface area contributed by atoms with Gasteiger partial charge in [0.1, 0.15) is 5.75 Å². The Morgan fingerprint density at radius 2 is 1.83 bits per heavy atom. The molecule has 2 aromatic rings. The minimum Gasteiger partial charge on any atom is -0.493 e. The van der Waals surface area contributed by atoms with Crippen LogP contribution in [-0.4, -0.2) is 29.9 Å². The summed E-state index contributed by atoms with van der Waals surface area (Å²) in [5, 5.41) is 5.32. The molecule has 2 N–H and O–H groups in total. The minimum absolute atomic E-state index is 0.0929. The van der Waals surface area contributed by atoms with Crippen molar-refractivity contribution in [1.29, 1.82) is 0 Å². The Balaban J connectivity index is 1.83. The maximum atomic E-state index is 12.1. The lowest BCUT2D eigenvalue weighted by atomic mass is 10.2. The fourth-order valence-corrected chi connectivity index (χ4v) is 1.96. The van der Waals surface area contributed by atoms with Crippen molar-refractivity contribution in [3.63, 3.8) is 0 Å². The second-order valence-corrected chi connectivity index (χ2v) is 4.74. The number of para-hydroxylation sites is 1. The van der Waals surface area contributed by atoms with Crippen LogP contribution in [0.5, 0.6) is 5.75 Å². The second kappa shape index (κ2) is 8.53. The van der Waals surface area contributed by atoms with Crippen LogP contribution in [0.25, 0.3) is 0 Å². The molecule has 6 nitrogen and oxygen atoms in total. The van der Waals surface area contributed by atoms with Gasteiger partial charge in [-0.25, -0.2) is 0 Å². The highest BCUT2D eigenvalue weighted by atomic mass is 16.5. The zero-order valence-electron chi connectivity index (χ0n) is 12.9. The average molecular weight is 313 g/mol. The Morgan fingerprint density at radius 3 is 2.57 bits per heavy atom. The molecular weight excluding hydrogens is 294 g/mol. The van der Waals surface area contributed by atoms with E-state index in [1.807, 2.05) is 19.1 Å². The van der Waals surface area contributed by atoms with E-state index in [1.165, 1.54) is 0 Å². The van der Waals surface area contributed by atoms with E-state index in [9.17, 15) is 9.59 Å². The third-order valence-electron chi connectivity index (χ3n) is 3.08. The van der Waals surface area contributed by atoms with Crippen molar-refractivity contribution < 1.29 is 14.3 Å². The van der Waals surface area contributed by atoms with Gasteiger partial charge in [-0.1, -0.05) is 12.1 Å². The molecule has 1 aromatic carbocycles. The fourth-order valence-electron chi connectivity index (χ4n) is 1.96. The molecule has 0 saturated carbocycles. The van der Waals surface area contributed by atoms with Gasteiger partial charge >= 0.3 is 0 Å². The van der Waals surface area contributed by atoms with E-state index in [1.54, 1.807) is 36.7 Å². The molecule has 6 heteroatoms. The van der Waals surface area contributed by atoms with Crippen LogP contribution in [0.15, 0.2) is 48.8 Å². The Morgan fingerprint density at radius 1 is 1.09 bits per heavy atom. The zero-order valence-corrected chi connectivity index (χ0v) is 12.9. The molecular formula is C17H19N3O3. The topological polar surface area (TPSA) is 80.3 Å². The van der Waals surface area contributed by atoms with E-state index in [-0.39, 0.29) is 18.4 Å². The lowest BCUT2D eigenvalue weighted by Crippen LogP contribution is -2.36. The number of benzene rings is 1. The van der Waals surface area contributed by atoms with Crippen LogP contribution in [0.4, 0.5) is 0 Å². The van der Waals surface area contributed by atoms with Gasteiger partial charge in [-0.05, 0) is 36.8 Å². The van der Waals surface area contributed by atoms with Crippen LogP contribution in [-0.2, 0) is 11.3 Å². The molecule has 0 saturated heterocycles. The van der Waals surface area contributed by atoms with E-state index < -0.39 is 0 Å². The molecule has 0 atom stereocenters. The van der Waals surface area contributed by atoms with Crippen LogP contribution in [0.3, 0.4) is 0 Å². The normalized spacial score (nSPS) is 9.96. The van der Waals surface area contributed by atoms with Crippen molar-refractivity contribution in [3.05, 3.63) is 59.9 Å². The number of carbonyl (C=O) groups excluding carboxylic acids is 2. The van der Waals surface area contributed by atoms with E-state index >= 15 is 0 Å². The second-order valence-electron chi connectivity index (χ2n) is 4.74. The first-order valence-corrected chi connectivity index (χ1v) is 7.36. The predicted octanol–water partition coefficient (Wildman–Crippen LogP) is 1.53. The van der Waals surface area contributed by atoms with Gasteiger partial charge in [0.2, 0.25) is 5.91 Å². The van der Waals surface area contributed by atoms with E-state index in [0.717, 1.165) is 5.56 Å². The molecule has 2 rings (SSSR count). The number of nitrogens with zero attached hydrogens (tertiary/aromatic N) is 1. The van der Waals surface area contributed by atoms with E-state index in [2.05, 4.69) is 15.6 Å². The smallest absolute Gasteiger partial charge is 0.255 e. The van der Waals surface area contributed by atoms with Crippen LogP contribution in [0.2, 0.25) is 0 Å².